The van der Waals surface area contributed by atoms with Crippen molar-refractivity contribution in [1.29, 1.82) is 0 Å². The van der Waals surface area contributed by atoms with Crippen LogP contribution in [0, 0.1) is 0 Å². The molecule has 1 atom stereocenters. The molecular formula is C13H16O4. The fourth-order valence-electron chi connectivity index (χ4n) is 1.74. The molecular weight excluding hydrogens is 220 g/mol. The van der Waals surface area contributed by atoms with Crippen LogP contribution in [0.3, 0.4) is 0 Å². The first-order valence-corrected chi connectivity index (χ1v) is 5.59. The molecule has 0 spiro atoms. The van der Waals surface area contributed by atoms with E-state index in [2.05, 4.69) is 0 Å². The van der Waals surface area contributed by atoms with Crippen LogP contribution >= 0.6 is 0 Å². The van der Waals surface area contributed by atoms with Crippen molar-refractivity contribution in [1.82, 2.24) is 0 Å². The molecule has 4 heteroatoms. The number of hydrogen-bond donors (Lipinski definition) is 0. The highest BCUT2D eigenvalue weighted by molar-refractivity contribution is 5.79. The van der Waals surface area contributed by atoms with Crippen LogP contribution in [0.5, 0.6) is 5.75 Å². The van der Waals surface area contributed by atoms with Gasteiger partial charge in [-0.05, 0) is 26.0 Å². The van der Waals surface area contributed by atoms with Crippen molar-refractivity contribution in [2.24, 2.45) is 0 Å². The van der Waals surface area contributed by atoms with E-state index in [4.69, 9.17) is 14.2 Å². The number of benzene rings is 1. The third-order valence-corrected chi connectivity index (χ3v) is 2.54. The van der Waals surface area contributed by atoms with Gasteiger partial charge in [0.2, 0.25) is 0 Å². The molecule has 0 aromatic heterocycles. The van der Waals surface area contributed by atoms with Crippen molar-refractivity contribution in [2.45, 2.75) is 25.7 Å². The van der Waals surface area contributed by atoms with Gasteiger partial charge in [-0.3, -0.25) is 4.79 Å². The predicted molar refractivity (Wildman–Crippen MR) is 62.2 cm³/mol. The van der Waals surface area contributed by atoms with Crippen LogP contribution in [0.4, 0.5) is 0 Å². The summed E-state index contributed by atoms with van der Waals surface area (Å²) in [6.07, 6.45) is 0.690. The van der Waals surface area contributed by atoms with Crippen LogP contribution in [-0.2, 0) is 9.47 Å². The molecule has 1 saturated heterocycles. The van der Waals surface area contributed by atoms with Gasteiger partial charge in [0.25, 0.3) is 0 Å². The highest BCUT2D eigenvalue weighted by Gasteiger charge is 2.33. The van der Waals surface area contributed by atoms with Gasteiger partial charge in [-0.15, -0.1) is 0 Å². The molecule has 2 rings (SSSR count). The fraction of sp³-hybridized carbons (Fsp3) is 0.462. The maximum absolute atomic E-state index is 10.8. The quantitative estimate of drug-likeness (QED) is 0.750. The van der Waals surface area contributed by atoms with E-state index in [-0.39, 0.29) is 6.10 Å². The first-order chi connectivity index (χ1) is 8.11. The van der Waals surface area contributed by atoms with Gasteiger partial charge in [0, 0.05) is 0 Å². The molecule has 0 amide bonds. The molecule has 1 fully saturated rings. The Balaban J connectivity index is 1.92. The first kappa shape index (κ1) is 12.1. The molecule has 1 aliphatic rings. The lowest BCUT2D eigenvalue weighted by atomic mass is 10.2. The van der Waals surface area contributed by atoms with Crippen LogP contribution in [0.1, 0.15) is 24.2 Å². The van der Waals surface area contributed by atoms with Crippen LogP contribution < -0.4 is 4.74 Å². The number of ether oxygens (including phenoxy) is 3. The van der Waals surface area contributed by atoms with Gasteiger partial charge in [0.15, 0.2) is 12.1 Å². The zero-order chi connectivity index (χ0) is 12.3. The standard InChI is InChI=1S/C13H16O4/c1-13(2)16-9-11(17-13)8-15-12-6-4-3-5-10(12)7-14/h3-7,11H,8-9H2,1-2H3/t11-/m1/s1. The van der Waals surface area contributed by atoms with E-state index >= 15 is 0 Å². The number of hydrogen-bond acceptors (Lipinski definition) is 4. The molecule has 1 aromatic rings. The first-order valence-electron chi connectivity index (χ1n) is 5.59. The zero-order valence-corrected chi connectivity index (χ0v) is 10.0. The summed E-state index contributed by atoms with van der Waals surface area (Å²) in [6.45, 7) is 4.63. The average Bonchev–Trinajstić information content (AvgIpc) is 2.67. The minimum atomic E-state index is -0.543. The van der Waals surface area contributed by atoms with Crippen molar-refractivity contribution < 1.29 is 19.0 Å². The fourth-order valence-corrected chi connectivity index (χ4v) is 1.74. The Morgan fingerprint density at radius 1 is 1.47 bits per heavy atom. The minimum Gasteiger partial charge on any atom is -0.490 e. The van der Waals surface area contributed by atoms with Gasteiger partial charge in [0.1, 0.15) is 18.5 Å². The monoisotopic (exact) mass is 236 g/mol. The summed E-state index contributed by atoms with van der Waals surface area (Å²) in [5.41, 5.74) is 0.547. The maximum Gasteiger partial charge on any atom is 0.163 e. The van der Waals surface area contributed by atoms with Crippen LogP contribution in [0.2, 0.25) is 0 Å². The number of para-hydroxylation sites is 1. The molecule has 92 valence electrons. The number of carbonyl (C=O) groups is 1. The lowest BCUT2D eigenvalue weighted by Gasteiger charge is -2.17. The third kappa shape index (κ3) is 3.05. The van der Waals surface area contributed by atoms with Crippen molar-refractivity contribution in [2.75, 3.05) is 13.2 Å². The molecule has 1 aliphatic heterocycles. The summed E-state index contributed by atoms with van der Waals surface area (Å²) in [6, 6.07) is 7.12. The highest BCUT2D eigenvalue weighted by Crippen LogP contribution is 2.23. The molecule has 0 aliphatic carbocycles. The molecule has 1 heterocycles. The Morgan fingerprint density at radius 3 is 2.88 bits per heavy atom. The van der Waals surface area contributed by atoms with Crippen LogP contribution in [0.25, 0.3) is 0 Å². The summed E-state index contributed by atoms with van der Waals surface area (Å²) < 4.78 is 16.6. The summed E-state index contributed by atoms with van der Waals surface area (Å²) >= 11 is 0. The third-order valence-electron chi connectivity index (χ3n) is 2.54. The van der Waals surface area contributed by atoms with E-state index in [1.165, 1.54) is 0 Å². The zero-order valence-electron chi connectivity index (χ0n) is 10.0. The molecule has 1 aromatic carbocycles. The highest BCUT2D eigenvalue weighted by atomic mass is 16.7. The van der Waals surface area contributed by atoms with Gasteiger partial charge in [-0.25, -0.2) is 0 Å². The van der Waals surface area contributed by atoms with Crippen molar-refractivity contribution in [3.63, 3.8) is 0 Å². The van der Waals surface area contributed by atoms with E-state index < -0.39 is 5.79 Å². The van der Waals surface area contributed by atoms with Gasteiger partial charge < -0.3 is 14.2 Å². The Kier molecular flexibility index (Phi) is 3.45. The van der Waals surface area contributed by atoms with Gasteiger partial charge in [-0.1, -0.05) is 12.1 Å². The summed E-state index contributed by atoms with van der Waals surface area (Å²) in [7, 11) is 0. The normalized spacial score (nSPS) is 22.4. The molecule has 0 saturated carbocycles. The lowest BCUT2D eigenvalue weighted by Crippen LogP contribution is -2.25. The number of aldehydes is 1. The smallest absolute Gasteiger partial charge is 0.163 e. The second-order valence-corrected chi connectivity index (χ2v) is 4.42. The molecule has 17 heavy (non-hydrogen) atoms. The minimum absolute atomic E-state index is 0.0929. The van der Waals surface area contributed by atoms with E-state index in [9.17, 15) is 4.79 Å². The van der Waals surface area contributed by atoms with E-state index in [1.54, 1.807) is 18.2 Å². The summed E-state index contributed by atoms with van der Waals surface area (Å²) in [5.74, 6) is 0.0360. The van der Waals surface area contributed by atoms with Crippen molar-refractivity contribution >= 4 is 6.29 Å². The maximum atomic E-state index is 10.8. The molecule has 0 N–H and O–H groups in total. The van der Waals surface area contributed by atoms with Crippen LogP contribution in [0.15, 0.2) is 24.3 Å². The van der Waals surface area contributed by atoms with Crippen molar-refractivity contribution in [3.8, 4) is 5.75 Å². The Hall–Kier alpha value is -1.39. The molecule has 0 unspecified atom stereocenters. The summed E-state index contributed by atoms with van der Waals surface area (Å²) in [4.78, 5) is 10.8. The van der Waals surface area contributed by atoms with E-state index in [0.717, 1.165) is 6.29 Å². The van der Waals surface area contributed by atoms with Crippen LogP contribution in [-0.4, -0.2) is 31.4 Å². The second kappa shape index (κ2) is 4.85. The molecule has 0 radical (unpaired) electrons. The largest absolute Gasteiger partial charge is 0.490 e. The molecule has 0 bridgehead atoms. The Labute approximate surface area is 100 Å². The van der Waals surface area contributed by atoms with Gasteiger partial charge in [0.05, 0.1) is 12.2 Å². The molecule has 4 nitrogen and oxygen atoms in total. The number of carbonyl (C=O) groups excluding carboxylic acids is 1. The van der Waals surface area contributed by atoms with E-state index in [1.807, 2.05) is 19.9 Å². The average molecular weight is 236 g/mol. The lowest BCUT2D eigenvalue weighted by molar-refractivity contribution is -0.141. The van der Waals surface area contributed by atoms with Crippen molar-refractivity contribution in [3.05, 3.63) is 29.8 Å². The van der Waals surface area contributed by atoms with Gasteiger partial charge >= 0.3 is 0 Å². The number of rotatable bonds is 4. The Morgan fingerprint density at radius 2 is 2.24 bits per heavy atom. The SMILES string of the molecule is CC1(C)OC[C@@H](COc2ccccc2C=O)O1. The Bertz CT molecular complexity index is 400. The topological polar surface area (TPSA) is 44.8 Å². The second-order valence-electron chi connectivity index (χ2n) is 4.42. The predicted octanol–water partition coefficient (Wildman–Crippen LogP) is 2.03. The van der Waals surface area contributed by atoms with Gasteiger partial charge in [-0.2, -0.15) is 0 Å². The van der Waals surface area contributed by atoms with E-state index in [0.29, 0.717) is 24.5 Å². The summed E-state index contributed by atoms with van der Waals surface area (Å²) in [5, 5.41) is 0.